The quantitative estimate of drug-likeness (QED) is 0.456. The van der Waals surface area contributed by atoms with E-state index in [1.54, 1.807) is 0 Å². The molecule has 0 amide bonds. The minimum absolute atomic E-state index is 0. The van der Waals surface area contributed by atoms with Crippen molar-refractivity contribution in [1.82, 2.24) is 0 Å². The van der Waals surface area contributed by atoms with Gasteiger partial charge in [-0.25, -0.2) is 0 Å². The van der Waals surface area contributed by atoms with E-state index in [9.17, 15) is 23.1 Å². The second kappa shape index (κ2) is 6.50. The molecule has 0 heterocycles. The SMILES string of the molecule is O=[N+]([O-])c1ccc(C[B-](F)(F)F)c(Br)c1.[K+]. The maximum absolute atomic E-state index is 12.1. The second-order valence-corrected chi connectivity index (χ2v) is 3.80. The first-order valence-corrected chi connectivity index (χ1v) is 4.73. The standard InChI is InChI=1S/C7H5BBrF3NO2.K/c9-7-3-6(13(14)15)2-1-5(7)4-8(10,11)12;/h1-3H,4H2;/q-1;+1. The molecule has 1 rings (SSSR count). The Kier molecular flexibility index (Phi) is 6.74. The molecule has 0 N–H and O–H groups in total. The number of nitro benzene ring substituents is 1. The fraction of sp³-hybridized carbons (Fsp3) is 0.143. The van der Waals surface area contributed by atoms with Crippen molar-refractivity contribution in [3.05, 3.63) is 38.3 Å². The van der Waals surface area contributed by atoms with Gasteiger partial charge in [-0.2, -0.15) is 0 Å². The number of rotatable bonds is 3. The van der Waals surface area contributed by atoms with Crippen LogP contribution in [0.4, 0.5) is 18.6 Å². The normalized spacial score (nSPS) is 10.8. The third-order valence-corrected chi connectivity index (χ3v) is 2.44. The summed E-state index contributed by atoms with van der Waals surface area (Å²) >= 11 is 2.87. The van der Waals surface area contributed by atoms with Gasteiger partial charge in [-0.15, -0.1) is 0 Å². The Morgan fingerprint density at radius 3 is 2.31 bits per heavy atom. The molecule has 0 aliphatic rings. The van der Waals surface area contributed by atoms with Crippen LogP contribution in [0.15, 0.2) is 22.7 Å². The molecule has 82 valence electrons. The van der Waals surface area contributed by atoms with Gasteiger partial charge in [0.05, 0.1) is 4.92 Å². The van der Waals surface area contributed by atoms with Gasteiger partial charge in [0.15, 0.2) is 0 Å². The van der Waals surface area contributed by atoms with E-state index < -0.39 is 18.2 Å². The minimum atomic E-state index is -4.93. The predicted molar refractivity (Wildman–Crippen MR) is 53.6 cm³/mol. The van der Waals surface area contributed by atoms with Gasteiger partial charge >= 0.3 is 58.4 Å². The monoisotopic (exact) mass is 321 g/mol. The van der Waals surface area contributed by atoms with Gasteiger partial charge in [-0.05, 0) is 0 Å². The summed E-state index contributed by atoms with van der Waals surface area (Å²) in [7, 11) is 0. The van der Waals surface area contributed by atoms with Gasteiger partial charge in [0.25, 0.3) is 5.69 Å². The van der Waals surface area contributed by atoms with Crippen LogP contribution in [0.2, 0.25) is 0 Å². The number of hydrogen-bond acceptors (Lipinski definition) is 2. The summed E-state index contributed by atoms with van der Waals surface area (Å²) in [6, 6.07) is 3.23. The average Bonchev–Trinajstić information content (AvgIpc) is 2.05. The van der Waals surface area contributed by atoms with E-state index in [-0.39, 0.29) is 67.1 Å². The summed E-state index contributed by atoms with van der Waals surface area (Å²) < 4.78 is 36.4. The van der Waals surface area contributed by atoms with Gasteiger partial charge in [-0.1, -0.05) is 33.9 Å². The van der Waals surface area contributed by atoms with E-state index in [2.05, 4.69) is 15.9 Å². The van der Waals surface area contributed by atoms with E-state index in [1.807, 2.05) is 0 Å². The van der Waals surface area contributed by atoms with E-state index in [1.165, 1.54) is 0 Å². The molecule has 0 unspecified atom stereocenters. The van der Waals surface area contributed by atoms with Gasteiger partial charge in [-0.3, -0.25) is 10.1 Å². The molecule has 0 aliphatic carbocycles. The van der Waals surface area contributed by atoms with Crippen LogP contribution in [0.25, 0.3) is 0 Å². The number of nitrogens with zero attached hydrogens (tertiary/aromatic N) is 1. The molecule has 0 atom stereocenters. The average molecular weight is 322 g/mol. The Balaban J connectivity index is 0.00000225. The molecule has 0 saturated heterocycles. The third kappa shape index (κ3) is 5.28. The summed E-state index contributed by atoms with van der Waals surface area (Å²) in [5.74, 6) is 0. The van der Waals surface area contributed by atoms with Crippen molar-refractivity contribution >= 4 is 28.6 Å². The fourth-order valence-electron chi connectivity index (χ4n) is 1.06. The van der Waals surface area contributed by atoms with Gasteiger partial charge < -0.3 is 12.9 Å². The van der Waals surface area contributed by atoms with Crippen LogP contribution in [-0.4, -0.2) is 11.9 Å². The number of hydrogen-bond donors (Lipinski definition) is 0. The molecule has 9 heteroatoms. The number of benzene rings is 1. The van der Waals surface area contributed by atoms with Crippen molar-refractivity contribution in [3.63, 3.8) is 0 Å². The molecule has 0 bridgehead atoms. The van der Waals surface area contributed by atoms with E-state index in [0.717, 1.165) is 18.2 Å². The predicted octanol–water partition coefficient (Wildman–Crippen LogP) is 0.290. The van der Waals surface area contributed by atoms with E-state index in [4.69, 9.17) is 0 Å². The molecule has 0 fully saturated rings. The summed E-state index contributed by atoms with van der Waals surface area (Å²) in [6.45, 7) is -4.93. The molecular formula is C7H5BBrF3KNO2. The molecular weight excluding hydrogens is 317 g/mol. The van der Waals surface area contributed by atoms with Crippen LogP contribution in [0.5, 0.6) is 0 Å². The smallest absolute Gasteiger partial charge is 0.449 e. The van der Waals surface area contributed by atoms with Crippen LogP contribution < -0.4 is 51.4 Å². The molecule has 0 aromatic heterocycles. The van der Waals surface area contributed by atoms with E-state index >= 15 is 0 Å². The van der Waals surface area contributed by atoms with E-state index in [0.29, 0.717) is 0 Å². The van der Waals surface area contributed by atoms with Crippen LogP contribution in [-0.2, 0) is 6.32 Å². The molecule has 0 aliphatic heterocycles. The van der Waals surface area contributed by atoms with Crippen molar-refractivity contribution < 1.29 is 69.3 Å². The summed E-state index contributed by atoms with van der Waals surface area (Å²) in [4.78, 5) is 9.66. The van der Waals surface area contributed by atoms with Gasteiger partial charge in [0.1, 0.15) is 0 Å². The Morgan fingerprint density at radius 2 is 1.94 bits per heavy atom. The van der Waals surface area contributed by atoms with Crippen molar-refractivity contribution in [2.24, 2.45) is 0 Å². The molecule has 3 nitrogen and oxygen atoms in total. The van der Waals surface area contributed by atoms with Crippen molar-refractivity contribution in [1.29, 1.82) is 0 Å². The molecule has 16 heavy (non-hydrogen) atoms. The molecule has 1 aromatic carbocycles. The first-order valence-electron chi connectivity index (χ1n) is 3.93. The molecule has 0 radical (unpaired) electrons. The number of nitro groups is 1. The van der Waals surface area contributed by atoms with Crippen molar-refractivity contribution in [3.8, 4) is 0 Å². The maximum Gasteiger partial charge on any atom is 1.00 e. The molecule has 0 spiro atoms. The molecule has 0 saturated carbocycles. The van der Waals surface area contributed by atoms with Gasteiger partial charge in [0.2, 0.25) is 0 Å². The zero-order valence-electron chi connectivity index (χ0n) is 8.29. The Morgan fingerprint density at radius 1 is 1.38 bits per heavy atom. The molecule has 1 aromatic rings. The fourth-order valence-corrected chi connectivity index (χ4v) is 1.59. The van der Waals surface area contributed by atoms with Gasteiger partial charge in [0, 0.05) is 16.6 Å². The van der Waals surface area contributed by atoms with Crippen LogP contribution >= 0.6 is 15.9 Å². The third-order valence-electron chi connectivity index (χ3n) is 1.70. The van der Waals surface area contributed by atoms with Crippen LogP contribution in [0.3, 0.4) is 0 Å². The topological polar surface area (TPSA) is 43.1 Å². The summed E-state index contributed by atoms with van der Waals surface area (Å²) in [5, 5.41) is 10.3. The Bertz CT molecular complexity index is 402. The van der Waals surface area contributed by atoms with Crippen LogP contribution in [0, 0.1) is 10.1 Å². The van der Waals surface area contributed by atoms with Crippen molar-refractivity contribution in [2.45, 2.75) is 6.32 Å². The first-order chi connectivity index (χ1) is 6.79. The Hall–Kier alpha value is 0.591. The summed E-state index contributed by atoms with van der Waals surface area (Å²) in [6.07, 6.45) is -1.04. The van der Waals surface area contributed by atoms with Crippen molar-refractivity contribution in [2.75, 3.05) is 0 Å². The minimum Gasteiger partial charge on any atom is -0.449 e. The zero-order chi connectivity index (χ0) is 11.6. The largest absolute Gasteiger partial charge is 1.00 e. The first kappa shape index (κ1) is 16.6. The second-order valence-electron chi connectivity index (χ2n) is 2.95. The number of halogens is 4. The van der Waals surface area contributed by atoms with Crippen LogP contribution in [0.1, 0.15) is 5.56 Å². The number of non-ortho nitro benzene ring substituents is 1. The maximum atomic E-state index is 12.1. The summed E-state index contributed by atoms with van der Waals surface area (Å²) in [5.41, 5.74) is -0.228. The Labute approximate surface area is 141 Å². The zero-order valence-corrected chi connectivity index (χ0v) is 13.0.